The van der Waals surface area contributed by atoms with Crippen molar-refractivity contribution in [1.29, 1.82) is 0 Å². The number of thioether (sulfide) groups is 3. The Morgan fingerprint density at radius 2 is 0.415 bits per heavy atom. The number of methoxy groups -OCH3 is 3. The molecule has 0 aliphatic rings. The molecule has 142 heavy (non-hydrogen) atoms. The molecule has 2 unspecified atom stereocenters. The minimum Gasteiger partial charge on any atom is -0.481 e. The van der Waals surface area contributed by atoms with Crippen molar-refractivity contribution in [3.63, 3.8) is 0 Å². The lowest BCUT2D eigenvalue weighted by atomic mass is 10.1. The van der Waals surface area contributed by atoms with Crippen LogP contribution in [-0.4, -0.2) is 512 Å². The maximum Gasteiger partial charge on any atom is 0.327 e. The Kier molecular flexibility index (Phi) is 90.6. The predicted molar refractivity (Wildman–Crippen MR) is 507 cm³/mol. The second-order valence-corrected chi connectivity index (χ2v) is 31.8. The first-order valence-corrected chi connectivity index (χ1v) is 49.0. The van der Waals surface area contributed by atoms with Crippen LogP contribution in [0.15, 0.2) is 0 Å². The van der Waals surface area contributed by atoms with Crippen LogP contribution in [0.25, 0.3) is 0 Å². The highest BCUT2D eigenvalue weighted by atomic mass is 32.2. The van der Waals surface area contributed by atoms with Crippen LogP contribution in [0.4, 0.5) is 0 Å². The van der Waals surface area contributed by atoms with E-state index in [0.717, 1.165) is 30.1 Å². The standard InChI is InChI=1S/C35H61N7O18S.C24H41N5O13S.C24H48N2O11S/c1-36-22(17-29(45)46)31(49)40-24(19-37-27(43)5-7-57-13-15-59-11-9-55-2)33(51)39-23(18-30(47)48)32(50)41-25(34(52)42-26(21-61-4)35(53)54)20-38-28(44)6-8-58-14-16-60-12-10-56-3;1-25-16(12-26-18(30)4-5-41-8-9-42-7-6-40-2)23(37)28-14(10-19(31)32)21(35)27-15(11-20(33)34)22(36)29-17(13-43-3)24(38)39;1-25-4-6-31-8-10-33-12-14-35-16-18-37-20-19-36-17-15-34-13-11-32-9-7-30-5-3-23(27)26-22(21-38-2)24(28)29/h22-26,36H,5-21H2,1-4H3,(H,37,43)(H,38,44)(H,39,51)(H,40,49)(H,41,50)(H,42,52)(H,45,46)(H,47,48)(H,53,54);14-17,25H,4-13H2,1-3H3,(H,26,30)(H,27,35)(H,28,37)(H,29,36)(H,31,32)(H,33,34)(H,38,39);22,25H,3-21H2,1-2H3,(H,26,27)(H,28,29)/t22-,23-,24-,25-,26?;14-,15-,16-,17?;22-/m000/s1. The summed E-state index contributed by atoms with van der Waals surface area (Å²) in [4.78, 5) is 221. The number of ether oxygens (including phenoxy) is 17. The van der Waals surface area contributed by atoms with Gasteiger partial charge >= 0.3 is 41.8 Å². The fraction of sp³-hybridized carbons (Fsp3) is 0.783. The van der Waals surface area contributed by atoms with E-state index in [9.17, 15) is 117 Å². The minimum absolute atomic E-state index is 0.0210. The van der Waals surface area contributed by atoms with E-state index < -0.39 is 200 Å². The van der Waals surface area contributed by atoms with Crippen LogP contribution in [0.2, 0.25) is 0 Å². The molecule has 10 atom stereocenters. The monoisotopic (exact) mass is 2110 g/mol. The Morgan fingerprint density at radius 3 is 0.648 bits per heavy atom. The molecule has 0 rings (SSSR count). The smallest absolute Gasteiger partial charge is 0.327 e. The highest BCUT2D eigenvalue weighted by Crippen LogP contribution is 2.08. The lowest BCUT2D eigenvalue weighted by molar-refractivity contribution is -0.144. The summed E-state index contributed by atoms with van der Waals surface area (Å²) in [6.45, 7) is 10.7. The fourth-order valence-electron chi connectivity index (χ4n) is 10.4. The SMILES string of the molecule is CNCCOCCOCCOCCOCCOCCOCCOCCOCCC(=O)N[C@@H](CSC)C(=O)O.CN[C@@H](CC(=O)O)C(=O)N[C@@H](CNC(=O)CCOCCOCCOC)C(=O)N[C@@H](CC(=O)O)C(=O)N[C@@H](CNC(=O)CCOCCOCCOC)C(=O)NC(CSC)C(=O)O.CN[C@@H](CNC(=O)CCOCCOCCOC)C(=O)N[C@@H](CC(=O)O)C(=O)N[C@@H](CC(=O)O)C(=O)NC(CSC)C(=O)O. The van der Waals surface area contributed by atoms with Crippen LogP contribution in [0.1, 0.15) is 51.4 Å². The molecule has 0 aromatic heterocycles. The van der Waals surface area contributed by atoms with Gasteiger partial charge in [-0.3, -0.25) is 71.9 Å². The van der Waals surface area contributed by atoms with Crippen molar-refractivity contribution < 1.29 is 203 Å². The molecule has 0 aliphatic carbocycles. The van der Waals surface area contributed by atoms with E-state index >= 15 is 0 Å². The molecular weight excluding hydrogens is 1960 g/mol. The average Bonchev–Trinajstić information content (AvgIpc) is 0.857. The zero-order chi connectivity index (χ0) is 107. The highest BCUT2D eigenvalue weighted by Gasteiger charge is 2.37. The molecule has 0 aromatic rings. The fourth-order valence-corrected chi connectivity index (χ4v) is 12.1. The number of hydrogen-bond donors (Lipinski definition) is 21. The molecule has 0 saturated heterocycles. The van der Waals surface area contributed by atoms with Gasteiger partial charge in [-0.15, -0.1) is 0 Å². The first kappa shape index (κ1) is 137. The van der Waals surface area contributed by atoms with Crippen molar-refractivity contribution in [1.82, 2.24) is 74.4 Å². The van der Waals surface area contributed by atoms with Gasteiger partial charge in [0.1, 0.15) is 54.4 Å². The lowest BCUT2D eigenvalue weighted by Crippen LogP contribution is -2.62. The number of carboxylic acid groups (broad SMARTS) is 7. The van der Waals surface area contributed by atoms with Crippen LogP contribution < -0.4 is 74.4 Å². The van der Waals surface area contributed by atoms with Crippen molar-refractivity contribution >= 4 is 142 Å². The van der Waals surface area contributed by atoms with E-state index in [0.29, 0.717) is 151 Å². The van der Waals surface area contributed by atoms with E-state index in [1.54, 1.807) is 25.9 Å². The Balaban J connectivity index is -0.00000211. The van der Waals surface area contributed by atoms with E-state index in [2.05, 4.69) is 74.4 Å². The number of carbonyl (C=O) groups is 18. The van der Waals surface area contributed by atoms with Crippen molar-refractivity contribution in [2.75, 3.05) is 309 Å². The average molecular weight is 2110 g/mol. The molecule has 21 N–H and O–H groups in total. The van der Waals surface area contributed by atoms with Gasteiger partial charge in [0.2, 0.25) is 65.0 Å². The van der Waals surface area contributed by atoms with Gasteiger partial charge in [0.15, 0.2) is 0 Å². The van der Waals surface area contributed by atoms with Crippen molar-refractivity contribution in [3.05, 3.63) is 0 Å². The van der Waals surface area contributed by atoms with Crippen molar-refractivity contribution in [2.45, 2.75) is 112 Å². The first-order valence-electron chi connectivity index (χ1n) is 44.9. The summed E-state index contributed by atoms with van der Waals surface area (Å²) >= 11 is 3.55. The molecule has 0 spiro atoms. The number of amides is 11. The number of rotatable bonds is 94. The Labute approximate surface area is 836 Å². The van der Waals surface area contributed by atoms with Crippen LogP contribution >= 0.6 is 35.3 Å². The molecule has 0 radical (unpaired) electrons. The second-order valence-electron chi connectivity index (χ2n) is 29.1. The van der Waals surface area contributed by atoms with E-state index in [1.807, 2.05) is 7.05 Å². The summed E-state index contributed by atoms with van der Waals surface area (Å²) in [5, 5.41) is 98.3. The second kappa shape index (κ2) is 94.0. The van der Waals surface area contributed by atoms with Gasteiger partial charge in [0.25, 0.3) is 0 Å². The summed E-state index contributed by atoms with van der Waals surface area (Å²) in [6, 6.07) is -15.1. The van der Waals surface area contributed by atoms with Crippen molar-refractivity contribution in [2.24, 2.45) is 0 Å². The quantitative estimate of drug-likeness (QED) is 0.0252. The number of hydrogen-bond acceptors (Lipinski definition) is 41. The van der Waals surface area contributed by atoms with Gasteiger partial charge in [-0.05, 0) is 39.9 Å². The summed E-state index contributed by atoms with van der Waals surface area (Å²) in [5.41, 5.74) is 0. The first-order chi connectivity index (χ1) is 68.1. The Bertz CT molecular complexity index is 3520. The zero-order valence-corrected chi connectivity index (χ0v) is 84.4. The molecule has 59 heteroatoms. The molecule has 56 nitrogen and oxygen atoms in total. The summed E-state index contributed by atoms with van der Waals surface area (Å²) in [7, 11) is 9.13. The number of aliphatic carboxylic acids is 7. The minimum atomic E-state index is -1.95. The third kappa shape index (κ3) is 81.1. The van der Waals surface area contributed by atoms with Crippen molar-refractivity contribution in [3.8, 4) is 0 Å². The van der Waals surface area contributed by atoms with Crippen LogP contribution in [-0.2, 0) is 167 Å². The molecular formula is C83H150N14O42S3. The number of likely N-dealkylation sites (N-methyl/N-ethyl adjacent to an activating group) is 3. The zero-order valence-electron chi connectivity index (χ0n) is 81.9. The van der Waals surface area contributed by atoms with Gasteiger partial charge in [-0.25, -0.2) is 14.4 Å². The Morgan fingerprint density at radius 1 is 0.225 bits per heavy atom. The van der Waals surface area contributed by atoms with Gasteiger partial charge in [-0.2, -0.15) is 35.3 Å². The highest BCUT2D eigenvalue weighted by molar-refractivity contribution is 7.99. The molecule has 11 amide bonds. The van der Waals surface area contributed by atoms with Gasteiger partial charge in [0, 0.05) is 90.5 Å². The summed E-state index contributed by atoms with van der Waals surface area (Å²) < 4.78 is 89.4. The normalized spacial score (nSPS) is 13.1. The lowest BCUT2D eigenvalue weighted by Gasteiger charge is -2.26. The summed E-state index contributed by atoms with van der Waals surface area (Å²) in [5.74, 6) is -19.4. The maximum atomic E-state index is 13.6. The molecule has 0 fully saturated rings. The number of carbonyl (C=O) groups excluding carboxylic acids is 11. The maximum absolute atomic E-state index is 13.6. The Hall–Kier alpha value is -9.29. The van der Waals surface area contributed by atoms with E-state index in [1.165, 1.54) is 40.1 Å². The predicted octanol–water partition coefficient (Wildman–Crippen LogP) is -8.44. The molecule has 0 aliphatic heterocycles. The molecule has 822 valence electrons. The third-order valence-electron chi connectivity index (χ3n) is 17.8. The number of nitrogens with one attached hydrogen (secondary N) is 14. The molecule has 0 aromatic carbocycles. The van der Waals surface area contributed by atoms with Crippen LogP contribution in [0.5, 0.6) is 0 Å². The van der Waals surface area contributed by atoms with Gasteiger partial charge in [0.05, 0.1) is 237 Å². The van der Waals surface area contributed by atoms with E-state index in [-0.39, 0.29) is 109 Å². The van der Waals surface area contributed by atoms with Crippen LogP contribution in [0.3, 0.4) is 0 Å². The van der Waals surface area contributed by atoms with Gasteiger partial charge in [-0.1, -0.05) is 0 Å². The third-order valence-corrected chi connectivity index (χ3v) is 19.8. The molecule has 0 bridgehead atoms. The van der Waals surface area contributed by atoms with Crippen LogP contribution in [0, 0.1) is 0 Å². The van der Waals surface area contributed by atoms with Gasteiger partial charge < -0.3 is 191 Å². The van der Waals surface area contributed by atoms with E-state index in [4.69, 9.17) is 85.6 Å². The topological polar surface area (TPSA) is 774 Å². The largest absolute Gasteiger partial charge is 0.481 e. The number of carboxylic acids is 7. The molecule has 0 heterocycles. The summed E-state index contributed by atoms with van der Waals surface area (Å²) in [6.07, 6.45) is 0.972. The molecule has 0 saturated carbocycles.